The second kappa shape index (κ2) is 7.09. The molecular weight excluding hydrogens is 270 g/mol. The summed E-state index contributed by atoms with van der Waals surface area (Å²) >= 11 is 1.80. The van der Waals surface area contributed by atoms with Crippen LogP contribution >= 0.6 is 11.3 Å². The molecule has 0 bridgehead atoms. The Morgan fingerprint density at radius 2 is 2.35 bits per heavy atom. The monoisotopic (exact) mass is 295 g/mol. The Balaban J connectivity index is 1.78. The molecule has 1 aromatic heterocycles. The van der Waals surface area contributed by atoms with E-state index in [0.717, 1.165) is 32.1 Å². The number of hydrogen-bond donors (Lipinski definition) is 2. The lowest BCUT2D eigenvalue weighted by Crippen LogP contribution is -2.45. The summed E-state index contributed by atoms with van der Waals surface area (Å²) in [5.41, 5.74) is 0.107. The molecule has 2 rings (SSSR count). The Bertz CT molecular complexity index is 422. The minimum atomic E-state index is 0.107. The number of ether oxygens (including phenoxy) is 1. The van der Waals surface area contributed by atoms with E-state index in [9.17, 15) is 0 Å². The van der Waals surface area contributed by atoms with Crippen molar-refractivity contribution in [2.24, 2.45) is 4.99 Å². The van der Waals surface area contributed by atoms with Gasteiger partial charge in [0.25, 0.3) is 0 Å². The highest BCUT2D eigenvalue weighted by Crippen LogP contribution is 2.26. The number of nitrogens with one attached hydrogen (secondary N) is 2. The standard InChI is InChI=1S/C15H25N3OS/c1-15(2,13-7-5-9-20-13)11-18-14(16-3)17-10-12-6-4-8-19-12/h5,7,9,12H,4,6,8,10-11H2,1-3H3,(H2,16,17,18). The van der Waals surface area contributed by atoms with Crippen molar-refractivity contribution in [3.8, 4) is 0 Å². The van der Waals surface area contributed by atoms with Gasteiger partial charge in [-0.1, -0.05) is 19.9 Å². The number of aliphatic imine (C=N–C) groups is 1. The molecule has 20 heavy (non-hydrogen) atoms. The normalized spacial score (nSPS) is 20.1. The first kappa shape index (κ1) is 15.3. The Morgan fingerprint density at radius 1 is 1.50 bits per heavy atom. The highest BCUT2D eigenvalue weighted by Gasteiger charge is 2.22. The van der Waals surface area contributed by atoms with Gasteiger partial charge in [-0.2, -0.15) is 0 Å². The third-order valence-electron chi connectivity index (χ3n) is 3.63. The first-order chi connectivity index (χ1) is 9.62. The Labute approximate surface area is 125 Å². The van der Waals surface area contributed by atoms with Gasteiger partial charge >= 0.3 is 0 Å². The van der Waals surface area contributed by atoms with E-state index in [2.05, 4.69) is 47.0 Å². The molecule has 4 nitrogen and oxygen atoms in total. The van der Waals surface area contributed by atoms with Crippen molar-refractivity contribution in [3.05, 3.63) is 22.4 Å². The average Bonchev–Trinajstić information content (AvgIpc) is 3.12. The summed E-state index contributed by atoms with van der Waals surface area (Å²) in [4.78, 5) is 5.66. The lowest BCUT2D eigenvalue weighted by atomic mass is 9.91. The van der Waals surface area contributed by atoms with E-state index in [1.54, 1.807) is 11.3 Å². The molecule has 2 N–H and O–H groups in total. The molecule has 1 saturated heterocycles. The van der Waals surface area contributed by atoms with Crippen LogP contribution in [-0.4, -0.2) is 38.8 Å². The van der Waals surface area contributed by atoms with E-state index < -0.39 is 0 Å². The molecule has 1 unspecified atom stereocenters. The maximum absolute atomic E-state index is 5.61. The maximum Gasteiger partial charge on any atom is 0.191 e. The predicted octanol–water partition coefficient (Wildman–Crippen LogP) is 2.37. The van der Waals surface area contributed by atoms with Crippen LogP contribution in [0.1, 0.15) is 31.6 Å². The largest absolute Gasteiger partial charge is 0.376 e. The summed E-state index contributed by atoms with van der Waals surface area (Å²) in [7, 11) is 1.81. The highest BCUT2D eigenvalue weighted by atomic mass is 32.1. The molecular formula is C15H25N3OS. The highest BCUT2D eigenvalue weighted by molar-refractivity contribution is 7.10. The summed E-state index contributed by atoms with van der Waals surface area (Å²) < 4.78 is 5.61. The SMILES string of the molecule is CN=C(NCC1CCCO1)NCC(C)(C)c1cccs1. The predicted molar refractivity (Wildman–Crippen MR) is 85.7 cm³/mol. The Hall–Kier alpha value is -1.07. The maximum atomic E-state index is 5.61. The van der Waals surface area contributed by atoms with Gasteiger partial charge in [0.2, 0.25) is 0 Å². The van der Waals surface area contributed by atoms with Gasteiger partial charge < -0.3 is 15.4 Å². The van der Waals surface area contributed by atoms with Gasteiger partial charge in [0, 0.05) is 37.0 Å². The summed E-state index contributed by atoms with van der Waals surface area (Å²) in [5, 5.41) is 8.89. The summed E-state index contributed by atoms with van der Waals surface area (Å²) in [6.07, 6.45) is 2.65. The van der Waals surface area contributed by atoms with Crippen LogP contribution in [0.15, 0.2) is 22.5 Å². The first-order valence-corrected chi connectivity index (χ1v) is 8.10. The molecule has 0 amide bonds. The minimum Gasteiger partial charge on any atom is -0.376 e. The molecule has 1 atom stereocenters. The fourth-order valence-corrected chi connectivity index (χ4v) is 3.14. The Morgan fingerprint density at radius 3 is 2.95 bits per heavy atom. The van der Waals surface area contributed by atoms with Crippen molar-refractivity contribution < 1.29 is 4.74 Å². The topological polar surface area (TPSA) is 45.7 Å². The van der Waals surface area contributed by atoms with E-state index in [1.807, 2.05) is 7.05 Å². The molecule has 0 aliphatic carbocycles. The smallest absolute Gasteiger partial charge is 0.191 e. The van der Waals surface area contributed by atoms with Crippen molar-refractivity contribution in [1.29, 1.82) is 0 Å². The van der Waals surface area contributed by atoms with Gasteiger partial charge in [-0.05, 0) is 24.3 Å². The van der Waals surface area contributed by atoms with Crippen LogP contribution < -0.4 is 10.6 Å². The van der Waals surface area contributed by atoms with E-state index >= 15 is 0 Å². The molecule has 0 spiro atoms. The molecule has 0 saturated carbocycles. The molecule has 0 radical (unpaired) electrons. The molecule has 1 aliphatic heterocycles. The third-order valence-corrected chi connectivity index (χ3v) is 4.87. The van der Waals surface area contributed by atoms with E-state index in [1.165, 1.54) is 11.3 Å². The van der Waals surface area contributed by atoms with Crippen molar-refractivity contribution in [3.63, 3.8) is 0 Å². The quantitative estimate of drug-likeness (QED) is 0.647. The fourth-order valence-electron chi connectivity index (χ4n) is 2.29. The molecule has 1 fully saturated rings. The van der Waals surface area contributed by atoms with Gasteiger partial charge in [0.15, 0.2) is 5.96 Å². The number of rotatable bonds is 5. The van der Waals surface area contributed by atoms with Gasteiger partial charge in [0.1, 0.15) is 0 Å². The van der Waals surface area contributed by atoms with Crippen LogP contribution in [0, 0.1) is 0 Å². The number of guanidine groups is 1. The molecule has 0 aromatic carbocycles. The second-order valence-corrected chi connectivity index (χ2v) is 6.75. The zero-order chi connectivity index (χ0) is 14.4. The van der Waals surface area contributed by atoms with Crippen LogP contribution in [0.3, 0.4) is 0 Å². The van der Waals surface area contributed by atoms with Crippen LogP contribution in [0.4, 0.5) is 0 Å². The fraction of sp³-hybridized carbons (Fsp3) is 0.667. The second-order valence-electron chi connectivity index (χ2n) is 5.80. The molecule has 5 heteroatoms. The van der Waals surface area contributed by atoms with Crippen molar-refractivity contribution in [1.82, 2.24) is 10.6 Å². The summed E-state index contributed by atoms with van der Waals surface area (Å²) in [6, 6.07) is 4.29. The number of thiophene rings is 1. The molecule has 1 aliphatic rings. The van der Waals surface area contributed by atoms with Crippen LogP contribution in [-0.2, 0) is 10.2 Å². The van der Waals surface area contributed by atoms with Crippen LogP contribution in [0.2, 0.25) is 0 Å². The van der Waals surface area contributed by atoms with Crippen molar-refractivity contribution in [2.75, 3.05) is 26.7 Å². The van der Waals surface area contributed by atoms with Crippen molar-refractivity contribution in [2.45, 2.75) is 38.2 Å². The van der Waals surface area contributed by atoms with Gasteiger partial charge in [0.05, 0.1) is 6.10 Å². The zero-order valence-electron chi connectivity index (χ0n) is 12.6. The van der Waals surface area contributed by atoms with Crippen LogP contribution in [0.5, 0.6) is 0 Å². The minimum absolute atomic E-state index is 0.107. The van der Waals surface area contributed by atoms with Crippen LogP contribution in [0.25, 0.3) is 0 Å². The Kier molecular flexibility index (Phi) is 5.43. The third kappa shape index (κ3) is 4.21. The molecule has 1 aromatic rings. The lowest BCUT2D eigenvalue weighted by Gasteiger charge is -2.25. The van der Waals surface area contributed by atoms with E-state index in [0.29, 0.717) is 6.10 Å². The number of nitrogens with zero attached hydrogens (tertiary/aromatic N) is 1. The van der Waals surface area contributed by atoms with Gasteiger partial charge in [-0.3, -0.25) is 4.99 Å². The van der Waals surface area contributed by atoms with E-state index in [4.69, 9.17) is 4.74 Å². The first-order valence-electron chi connectivity index (χ1n) is 7.22. The lowest BCUT2D eigenvalue weighted by molar-refractivity contribution is 0.114. The summed E-state index contributed by atoms with van der Waals surface area (Å²) in [6.45, 7) is 7.08. The number of hydrogen-bond acceptors (Lipinski definition) is 3. The van der Waals surface area contributed by atoms with Gasteiger partial charge in [-0.15, -0.1) is 11.3 Å². The summed E-state index contributed by atoms with van der Waals surface area (Å²) in [5.74, 6) is 0.852. The van der Waals surface area contributed by atoms with Gasteiger partial charge in [-0.25, -0.2) is 0 Å². The molecule has 2 heterocycles. The molecule has 112 valence electrons. The average molecular weight is 295 g/mol. The zero-order valence-corrected chi connectivity index (χ0v) is 13.4. The van der Waals surface area contributed by atoms with E-state index in [-0.39, 0.29) is 5.41 Å². The van der Waals surface area contributed by atoms with Crippen molar-refractivity contribution >= 4 is 17.3 Å².